The smallest absolute Gasteiger partial charge is 0.0891 e. The van der Waals surface area contributed by atoms with Gasteiger partial charge < -0.3 is 5.11 Å². The van der Waals surface area contributed by atoms with Crippen molar-refractivity contribution in [3.63, 3.8) is 0 Å². The quantitative estimate of drug-likeness (QED) is 0.188. The summed E-state index contributed by atoms with van der Waals surface area (Å²) >= 11 is 0. The Labute approximate surface area is 102 Å². The number of nitrogens with zero attached hydrogens (tertiary/aromatic N) is 3. The Balaban J connectivity index is 2.53. The first kappa shape index (κ1) is 13.6. The zero-order valence-electron chi connectivity index (χ0n) is 10.1. The van der Waals surface area contributed by atoms with Crippen molar-refractivity contribution in [2.45, 2.75) is 44.1 Å². The fraction of sp³-hybridized carbons (Fsp3) is 0.692. The molecule has 1 fully saturated rings. The van der Waals surface area contributed by atoms with Gasteiger partial charge in [-0.3, -0.25) is 0 Å². The molecule has 1 saturated carbocycles. The van der Waals surface area contributed by atoms with E-state index in [0.29, 0.717) is 19.4 Å². The lowest BCUT2D eigenvalue weighted by Crippen LogP contribution is -2.35. The minimum absolute atomic E-state index is 0.138. The standard InChI is InChI=1S/C13H19N3O/c1-3-6-12-8-4-9-13(12,17)11(2)7-5-10-15-16-14/h1,12,17H,2,4-10H2/t12-,13-/m0/s1. The molecular weight excluding hydrogens is 214 g/mol. The molecule has 1 N–H and O–H groups in total. The van der Waals surface area contributed by atoms with Crippen LogP contribution in [0.4, 0.5) is 0 Å². The van der Waals surface area contributed by atoms with Gasteiger partial charge >= 0.3 is 0 Å². The summed E-state index contributed by atoms with van der Waals surface area (Å²) in [6.45, 7) is 4.44. The third kappa shape index (κ3) is 3.26. The average molecular weight is 233 g/mol. The molecular formula is C13H19N3O. The molecule has 0 heterocycles. The Hall–Kier alpha value is -1.43. The van der Waals surface area contributed by atoms with Gasteiger partial charge in [-0.1, -0.05) is 11.7 Å². The predicted octanol–water partition coefficient (Wildman–Crippen LogP) is 3.19. The van der Waals surface area contributed by atoms with Crippen molar-refractivity contribution >= 4 is 0 Å². The number of azide groups is 1. The van der Waals surface area contributed by atoms with E-state index in [1.54, 1.807) is 0 Å². The molecule has 4 heteroatoms. The molecule has 1 aliphatic rings. The minimum Gasteiger partial charge on any atom is -0.385 e. The summed E-state index contributed by atoms with van der Waals surface area (Å²) in [5, 5.41) is 14.1. The van der Waals surface area contributed by atoms with Crippen LogP contribution >= 0.6 is 0 Å². The summed E-state index contributed by atoms with van der Waals surface area (Å²) in [5.74, 6) is 2.77. The lowest BCUT2D eigenvalue weighted by Gasteiger charge is -2.31. The van der Waals surface area contributed by atoms with Crippen LogP contribution in [0.2, 0.25) is 0 Å². The van der Waals surface area contributed by atoms with Gasteiger partial charge in [0.15, 0.2) is 0 Å². The molecule has 0 bridgehead atoms. The van der Waals surface area contributed by atoms with E-state index in [4.69, 9.17) is 12.0 Å². The van der Waals surface area contributed by atoms with Gasteiger partial charge in [0.25, 0.3) is 0 Å². The van der Waals surface area contributed by atoms with Crippen LogP contribution in [0, 0.1) is 18.3 Å². The summed E-state index contributed by atoms with van der Waals surface area (Å²) in [5.41, 5.74) is 8.20. The van der Waals surface area contributed by atoms with E-state index >= 15 is 0 Å². The first-order chi connectivity index (χ1) is 8.15. The minimum atomic E-state index is -0.803. The Bertz CT molecular complexity index is 365. The normalized spacial score (nSPS) is 27.2. The summed E-state index contributed by atoms with van der Waals surface area (Å²) < 4.78 is 0. The lowest BCUT2D eigenvalue weighted by molar-refractivity contribution is 0.0379. The molecule has 92 valence electrons. The highest BCUT2D eigenvalue weighted by Crippen LogP contribution is 2.43. The lowest BCUT2D eigenvalue weighted by atomic mass is 9.81. The highest BCUT2D eigenvalue weighted by molar-refractivity contribution is 5.18. The second-order valence-corrected chi connectivity index (χ2v) is 4.58. The van der Waals surface area contributed by atoms with Gasteiger partial charge in [0.2, 0.25) is 0 Å². The molecule has 0 aromatic carbocycles. The summed E-state index contributed by atoms with van der Waals surface area (Å²) in [7, 11) is 0. The zero-order valence-corrected chi connectivity index (χ0v) is 10.1. The van der Waals surface area contributed by atoms with Crippen molar-refractivity contribution in [1.82, 2.24) is 0 Å². The fourth-order valence-corrected chi connectivity index (χ4v) is 2.56. The number of aliphatic hydroxyl groups is 1. The van der Waals surface area contributed by atoms with Gasteiger partial charge in [0.1, 0.15) is 0 Å². The third-order valence-electron chi connectivity index (χ3n) is 3.56. The van der Waals surface area contributed by atoms with E-state index in [-0.39, 0.29) is 5.92 Å². The van der Waals surface area contributed by atoms with Crippen molar-refractivity contribution < 1.29 is 5.11 Å². The molecule has 1 aliphatic carbocycles. The highest BCUT2D eigenvalue weighted by Gasteiger charge is 2.42. The summed E-state index contributed by atoms with van der Waals surface area (Å²) in [6, 6.07) is 0. The van der Waals surface area contributed by atoms with Crippen LogP contribution < -0.4 is 0 Å². The summed E-state index contributed by atoms with van der Waals surface area (Å²) in [6.07, 6.45) is 10.1. The van der Waals surface area contributed by atoms with E-state index < -0.39 is 5.60 Å². The van der Waals surface area contributed by atoms with Crippen LogP contribution in [0.25, 0.3) is 10.4 Å². The topological polar surface area (TPSA) is 69.0 Å². The largest absolute Gasteiger partial charge is 0.385 e. The number of hydrogen-bond acceptors (Lipinski definition) is 2. The van der Waals surface area contributed by atoms with Crippen LogP contribution in [-0.2, 0) is 0 Å². The molecule has 0 aromatic rings. The van der Waals surface area contributed by atoms with Crippen molar-refractivity contribution in [3.8, 4) is 12.3 Å². The predicted molar refractivity (Wildman–Crippen MR) is 68.1 cm³/mol. The highest BCUT2D eigenvalue weighted by atomic mass is 16.3. The first-order valence-electron chi connectivity index (χ1n) is 6.00. The molecule has 17 heavy (non-hydrogen) atoms. The molecule has 0 unspecified atom stereocenters. The molecule has 0 amide bonds. The van der Waals surface area contributed by atoms with Gasteiger partial charge in [0, 0.05) is 23.8 Å². The molecule has 4 nitrogen and oxygen atoms in total. The first-order valence-corrected chi connectivity index (χ1v) is 6.00. The molecule has 0 aliphatic heterocycles. The number of rotatable bonds is 6. The average Bonchev–Trinajstić information content (AvgIpc) is 2.68. The van der Waals surface area contributed by atoms with Crippen LogP contribution in [-0.4, -0.2) is 17.3 Å². The van der Waals surface area contributed by atoms with E-state index in [9.17, 15) is 5.11 Å². The van der Waals surface area contributed by atoms with Crippen molar-refractivity contribution in [2.24, 2.45) is 11.0 Å². The van der Waals surface area contributed by atoms with Crippen LogP contribution in [0.15, 0.2) is 17.3 Å². The second-order valence-electron chi connectivity index (χ2n) is 4.58. The second kappa shape index (κ2) is 6.34. The van der Waals surface area contributed by atoms with Gasteiger partial charge in [-0.2, -0.15) is 0 Å². The van der Waals surface area contributed by atoms with E-state index in [2.05, 4.69) is 22.5 Å². The molecule has 0 aromatic heterocycles. The Kier molecular flexibility index (Phi) is 5.09. The van der Waals surface area contributed by atoms with Crippen LogP contribution in [0.3, 0.4) is 0 Å². The Morgan fingerprint density at radius 3 is 3.12 bits per heavy atom. The fourth-order valence-electron chi connectivity index (χ4n) is 2.56. The van der Waals surface area contributed by atoms with Crippen molar-refractivity contribution in [3.05, 3.63) is 22.6 Å². The molecule has 0 spiro atoms. The SMILES string of the molecule is C#CC[C@H]1CCC[C@]1(O)C(=C)CCCN=[N+]=[N-]. The molecule has 0 radical (unpaired) electrons. The van der Waals surface area contributed by atoms with E-state index in [1.165, 1.54) is 0 Å². The molecule has 0 saturated heterocycles. The van der Waals surface area contributed by atoms with Crippen LogP contribution in [0.1, 0.15) is 38.5 Å². The van der Waals surface area contributed by atoms with Crippen LogP contribution in [0.5, 0.6) is 0 Å². The summed E-state index contributed by atoms with van der Waals surface area (Å²) in [4.78, 5) is 2.70. The number of hydrogen-bond donors (Lipinski definition) is 1. The maximum Gasteiger partial charge on any atom is 0.0891 e. The maximum atomic E-state index is 10.6. The van der Waals surface area contributed by atoms with Gasteiger partial charge in [-0.15, -0.1) is 12.3 Å². The van der Waals surface area contributed by atoms with Gasteiger partial charge in [-0.05, 0) is 43.2 Å². The molecule has 1 rings (SSSR count). The third-order valence-corrected chi connectivity index (χ3v) is 3.56. The molecule has 2 atom stereocenters. The van der Waals surface area contributed by atoms with Gasteiger partial charge in [-0.25, -0.2) is 0 Å². The zero-order chi connectivity index (χ0) is 12.7. The monoisotopic (exact) mass is 233 g/mol. The van der Waals surface area contributed by atoms with Gasteiger partial charge in [0.05, 0.1) is 5.60 Å². The van der Waals surface area contributed by atoms with Crippen molar-refractivity contribution in [2.75, 3.05) is 6.54 Å². The number of terminal acetylenes is 1. The Morgan fingerprint density at radius 2 is 2.47 bits per heavy atom. The maximum absolute atomic E-state index is 10.6. The van der Waals surface area contributed by atoms with E-state index in [0.717, 1.165) is 31.3 Å². The van der Waals surface area contributed by atoms with E-state index in [1.807, 2.05) is 0 Å². The van der Waals surface area contributed by atoms with Crippen molar-refractivity contribution in [1.29, 1.82) is 0 Å². The Morgan fingerprint density at radius 1 is 1.71 bits per heavy atom.